The molecule has 0 radical (unpaired) electrons. The van der Waals surface area contributed by atoms with E-state index in [1.54, 1.807) is 0 Å². The summed E-state index contributed by atoms with van der Waals surface area (Å²) in [7, 11) is -3.01. The van der Waals surface area contributed by atoms with Gasteiger partial charge in [0.05, 0.1) is 5.75 Å². The molecule has 0 aromatic carbocycles. The zero-order valence-corrected chi connectivity index (χ0v) is 10.9. The Balaban J connectivity index is 2.32. The molecule has 0 amide bonds. The lowest BCUT2D eigenvalue weighted by atomic mass is 10.1. The van der Waals surface area contributed by atoms with Gasteiger partial charge in [-0.05, 0) is 25.2 Å². The van der Waals surface area contributed by atoms with E-state index < -0.39 is 10.0 Å². The van der Waals surface area contributed by atoms with Crippen LogP contribution in [0.3, 0.4) is 0 Å². The van der Waals surface area contributed by atoms with Gasteiger partial charge in [-0.2, -0.15) is 0 Å². The Bertz CT molecular complexity index is 266. The Morgan fingerprint density at radius 3 is 2.64 bits per heavy atom. The Hall–Kier alpha value is 0.390. The molecule has 0 saturated heterocycles. The van der Waals surface area contributed by atoms with Gasteiger partial charge < -0.3 is 0 Å². The number of alkyl halides is 1. The molecule has 1 aliphatic carbocycles. The maximum absolute atomic E-state index is 11.4. The van der Waals surface area contributed by atoms with Gasteiger partial charge in [-0.25, -0.2) is 13.1 Å². The number of sulfonamides is 1. The summed E-state index contributed by atoms with van der Waals surface area (Å²) in [5.74, 6) is 0.716. The summed E-state index contributed by atoms with van der Waals surface area (Å²) in [5, 5.41) is 0. The van der Waals surface area contributed by atoms with E-state index >= 15 is 0 Å². The van der Waals surface area contributed by atoms with Crippen LogP contribution in [0.2, 0.25) is 0 Å². The van der Waals surface area contributed by atoms with Crippen LogP contribution < -0.4 is 4.72 Å². The van der Waals surface area contributed by atoms with Crippen molar-refractivity contribution in [3.05, 3.63) is 0 Å². The molecule has 0 spiro atoms. The van der Waals surface area contributed by atoms with Crippen LogP contribution in [0.4, 0.5) is 0 Å². The monoisotopic (exact) mass is 283 g/mol. The molecule has 1 aliphatic rings. The minimum absolute atomic E-state index is 0.243. The van der Waals surface area contributed by atoms with Crippen molar-refractivity contribution < 1.29 is 8.42 Å². The van der Waals surface area contributed by atoms with Gasteiger partial charge in [0.2, 0.25) is 10.0 Å². The second-order valence-electron chi connectivity index (χ2n) is 3.87. The molecule has 0 bridgehead atoms. The molecule has 2 atom stereocenters. The molecular weight excluding hydrogens is 266 g/mol. The number of halogens is 1. The minimum Gasteiger partial charge on any atom is -0.215 e. The molecule has 1 saturated carbocycles. The molecule has 0 aromatic heterocycles. The number of hydrogen-bond acceptors (Lipinski definition) is 2. The van der Waals surface area contributed by atoms with Crippen LogP contribution in [-0.4, -0.2) is 25.5 Å². The molecule has 0 heterocycles. The number of hydrogen-bond donors (Lipinski definition) is 1. The molecule has 5 heteroatoms. The SMILES string of the molecule is CCCS(=O)(=O)NCC1CCCC1Br. The fraction of sp³-hybridized carbons (Fsp3) is 1.00. The first-order valence-corrected chi connectivity index (χ1v) is 7.73. The standard InChI is InChI=1S/C9H18BrNO2S/c1-2-6-14(12,13)11-7-8-4-3-5-9(8)10/h8-9,11H,2-7H2,1H3. The smallest absolute Gasteiger partial charge is 0.211 e. The third-order valence-electron chi connectivity index (χ3n) is 2.60. The van der Waals surface area contributed by atoms with Crippen LogP contribution in [0.1, 0.15) is 32.6 Å². The Kier molecular flexibility index (Phi) is 4.87. The fourth-order valence-electron chi connectivity index (χ4n) is 1.80. The predicted octanol–water partition coefficient (Wildman–Crippen LogP) is 1.88. The molecule has 0 aromatic rings. The predicted molar refractivity (Wildman–Crippen MR) is 62.1 cm³/mol. The Morgan fingerprint density at radius 1 is 1.43 bits per heavy atom. The molecule has 14 heavy (non-hydrogen) atoms. The highest BCUT2D eigenvalue weighted by molar-refractivity contribution is 9.09. The first-order chi connectivity index (χ1) is 6.55. The van der Waals surface area contributed by atoms with E-state index in [4.69, 9.17) is 0 Å². The van der Waals surface area contributed by atoms with Crippen molar-refractivity contribution in [1.82, 2.24) is 4.72 Å². The molecule has 1 N–H and O–H groups in total. The van der Waals surface area contributed by atoms with Gasteiger partial charge in [0, 0.05) is 11.4 Å². The molecule has 84 valence electrons. The summed E-state index contributed by atoms with van der Waals surface area (Å²) < 4.78 is 25.4. The quantitative estimate of drug-likeness (QED) is 0.783. The topological polar surface area (TPSA) is 46.2 Å². The minimum atomic E-state index is -3.01. The summed E-state index contributed by atoms with van der Waals surface area (Å²) in [6.07, 6.45) is 4.18. The maximum Gasteiger partial charge on any atom is 0.211 e. The second kappa shape index (κ2) is 5.47. The van der Waals surface area contributed by atoms with Crippen molar-refractivity contribution in [2.75, 3.05) is 12.3 Å². The second-order valence-corrected chi connectivity index (χ2v) is 6.98. The van der Waals surface area contributed by atoms with Crippen molar-refractivity contribution in [1.29, 1.82) is 0 Å². The highest BCUT2D eigenvalue weighted by atomic mass is 79.9. The van der Waals surface area contributed by atoms with Crippen molar-refractivity contribution in [3.63, 3.8) is 0 Å². The Labute approximate surface area is 94.8 Å². The highest BCUT2D eigenvalue weighted by Crippen LogP contribution is 2.30. The zero-order valence-electron chi connectivity index (χ0n) is 8.50. The third kappa shape index (κ3) is 3.87. The molecule has 1 fully saturated rings. The lowest BCUT2D eigenvalue weighted by Crippen LogP contribution is -2.32. The van der Waals surface area contributed by atoms with Crippen LogP contribution in [0.5, 0.6) is 0 Å². The van der Waals surface area contributed by atoms with Crippen LogP contribution in [-0.2, 0) is 10.0 Å². The van der Waals surface area contributed by atoms with E-state index in [2.05, 4.69) is 20.7 Å². The largest absolute Gasteiger partial charge is 0.215 e. The summed E-state index contributed by atoms with van der Waals surface area (Å²) in [5.41, 5.74) is 0. The molecule has 0 aliphatic heterocycles. The lowest BCUT2D eigenvalue weighted by Gasteiger charge is -2.14. The fourth-order valence-corrected chi connectivity index (χ4v) is 3.72. The summed E-state index contributed by atoms with van der Waals surface area (Å²) >= 11 is 3.58. The van der Waals surface area contributed by atoms with Crippen molar-refractivity contribution >= 4 is 26.0 Å². The zero-order chi connectivity index (χ0) is 10.6. The van der Waals surface area contributed by atoms with Crippen molar-refractivity contribution in [2.45, 2.75) is 37.4 Å². The molecule has 1 rings (SSSR count). The maximum atomic E-state index is 11.4. The van der Waals surface area contributed by atoms with Crippen molar-refractivity contribution in [3.8, 4) is 0 Å². The van der Waals surface area contributed by atoms with Gasteiger partial charge in [0.25, 0.3) is 0 Å². The van der Waals surface area contributed by atoms with E-state index in [0.29, 0.717) is 23.7 Å². The molecule has 2 unspecified atom stereocenters. The first kappa shape index (κ1) is 12.5. The van der Waals surface area contributed by atoms with Gasteiger partial charge in [0.1, 0.15) is 0 Å². The molecular formula is C9H18BrNO2S. The number of nitrogens with one attached hydrogen (secondary N) is 1. The van der Waals surface area contributed by atoms with Gasteiger partial charge >= 0.3 is 0 Å². The van der Waals surface area contributed by atoms with E-state index in [9.17, 15) is 8.42 Å². The van der Waals surface area contributed by atoms with Gasteiger partial charge in [-0.15, -0.1) is 0 Å². The highest BCUT2D eigenvalue weighted by Gasteiger charge is 2.25. The van der Waals surface area contributed by atoms with Crippen LogP contribution >= 0.6 is 15.9 Å². The van der Waals surface area contributed by atoms with E-state index in [0.717, 1.165) is 6.42 Å². The summed E-state index contributed by atoms with van der Waals surface area (Å²) in [6, 6.07) is 0. The summed E-state index contributed by atoms with van der Waals surface area (Å²) in [4.78, 5) is 0.492. The molecule has 3 nitrogen and oxygen atoms in total. The normalized spacial score (nSPS) is 28.1. The average Bonchev–Trinajstić information content (AvgIpc) is 2.48. The van der Waals surface area contributed by atoms with E-state index in [1.807, 2.05) is 6.92 Å². The lowest BCUT2D eigenvalue weighted by molar-refractivity contribution is 0.529. The average molecular weight is 284 g/mol. The van der Waals surface area contributed by atoms with Crippen LogP contribution in [0.15, 0.2) is 0 Å². The summed E-state index contributed by atoms with van der Waals surface area (Å²) in [6.45, 7) is 2.47. The van der Waals surface area contributed by atoms with Crippen LogP contribution in [0, 0.1) is 5.92 Å². The van der Waals surface area contributed by atoms with E-state index in [1.165, 1.54) is 12.8 Å². The Morgan fingerprint density at radius 2 is 2.14 bits per heavy atom. The van der Waals surface area contributed by atoms with Gasteiger partial charge in [-0.1, -0.05) is 29.3 Å². The van der Waals surface area contributed by atoms with Crippen LogP contribution in [0.25, 0.3) is 0 Å². The van der Waals surface area contributed by atoms with E-state index in [-0.39, 0.29) is 5.75 Å². The number of rotatable bonds is 5. The van der Waals surface area contributed by atoms with Gasteiger partial charge in [-0.3, -0.25) is 0 Å². The first-order valence-electron chi connectivity index (χ1n) is 5.16. The third-order valence-corrected chi connectivity index (χ3v) is 5.36. The van der Waals surface area contributed by atoms with Crippen molar-refractivity contribution in [2.24, 2.45) is 5.92 Å². The van der Waals surface area contributed by atoms with Gasteiger partial charge in [0.15, 0.2) is 0 Å².